The molecular weight excluding hydrogens is 343 g/mol. The summed E-state index contributed by atoms with van der Waals surface area (Å²) in [7, 11) is 0. The predicted molar refractivity (Wildman–Crippen MR) is 79.8 cm³/mol. The molecule has 1 atom stereocenters. The Morgan fingerprint density at radius 3 is 3.11 bits per heavy atom. The fraction of sp³-hybridized carbons (Fsp3) is 0.462. The van der Waals surface area contributed by atoms with Gasteiger partial charge < -0.3 is 15.4 Å². The van der Waals surface area contributed by atoms with Crippen molar-refractivity contribution in [2.75, 3.05) is 25.0 Å². The number of amides is 1. The van der Waals surface area contributed by atoms with Crippen LogP contribution < -0.4 is 10.6 Å². The second-order valence-electron chi connectivity index (χ2n) is 4.41. The molecule has 1 saturated heterocycles. The van der Waals surface area contributed by atoms with Crippen molar-refractivity contribution in [3.05, 3.63) is 27.3 Å². The van der Waals surface area contributed by atoms with Gasteiger partial charge in [-0.2, -0.15) is 0 Å². The number of morpholine rings is 1. The highest BCUT2D eigenvalue weighted by Crippen LogP contribution is 2.18. The molecule has 4 nitrogen and oxygen atoms in total. The Hall–Kier alpha value is -0.660. The van der Waals surface area contributed by atoms with E-state index < -0.39 is 0 Å². The number of ether oxygens (including phenoxy) is 1. The van der Waals surface area contributed by atoms with Crippen LogP contribution >= 0.6 is 22.6 Å². The summed E-state index contributed by atoms with van der Waals surface area (Å²) >= 11 is 2.26. The van der Waals surface area contributed by atoms with Gasteiger partial charge in [0.1, 0.15) is 0 Å². The number of benzene rings is 1. The van der Waals surface area contributed by atoms with Crippen LogP contribution in [0, 0.1) is 10.5 Å². The van der Waals surface area contributed by atoms with Crippen LogP contribution in [0.15, 0.2) is 18.2 Å². The van der Waals surface area contributed by atoms with Crippen molar-refractivity contribution in [3.8, 4) is 0 Å². The average Bonchev–Trinajstić information content (AvgIpc) is 2.34. The van der Waals surface area contributed by atoms with E-state index in [1.165, 1.54) is 3.57 Å². The fourth-order valence-corrected chi connectivity index (χ4v) is 2.57. The Bertz CT molecular complexity index is 431. The van der Waals surface area contributed by atoms with E-state index >= 15 is 0 Å². The maximum atomic E-state index is 11.9. The van der Waals surface area contributed by atoms with Crippen LogP contribution in [0.2, 0.25) is 0 Å². The summed E-state index contributed by atoms with van der Waals surface area (Å²) < 4.78 is 6.68. The highest BCUT2D eigenvalue weighted by molar-refractivity contribution is 14.1. The van der Waals surface area contributed by atoms with E-state index in [9.17, 15) is 4.79 Å². The van der Waals surface area contributed by atoms with Crippen molar-refractivity contribution in [3.63, 3.8) is 0 Å². The minimum Gasteiger partial charge on any atom is -0.375 e. The molecule has 0 aliphatic carbocycles. The van der Waals surface area contributed by atoms with E-state index in [2.05, 4.69) is 39.3 Å². The minimum atomic E-state index is -0.0112. The Kier molecular flexibility index (Phi) is 4.96. The maximum absolute atomic E-state index is 11.9. The molecular formula is C13H17IN2O2. The van der Waals surface area contributed by atoms with Gasteiger partial charge >= 0.3 is 0 Å². The zero-order valence-electron chi connectivity index (χ0n) is 10.3. The molecule has 98 valence electrons. The molecule has 1 aromatic carbocycles. The van der Waals surface area contributed by atoms with Gasteiger partial charge in [0.15, 0.2) is 0 Å². The number of rotatable bonds is 3. The van der Waals surface area contributed by atoms with Gasteiger partial charge in [-0.05, 0) is 53.3 Å². The number of carbonyl (C=O) groups excluding carboxylic acids is 1. The molecule has 1 aliphatic heterocycles. The Morgan fingerprint density at radius 1 is 1.61 bits per heavy atom. The molecule has 0 saturated carbocycles. The largest absolute Gasteiger partial charge is 0.375 e. The van der Waals surface area contributed by atoms with Crippen LogP contribution in [-0.2, 0) is 9.53 Å². The number of hydrogen-bond donors (Lipinski definition) is 2. The lowest BCUT2D eigenvalue weighted by Gasteiger charge is -2.23. The molecule has 0 radical (unpaired) electrons. The van der Waals surface area contributed by atoms with Crippen LogP contribution in [-0.4, -0.2) is 31.7 Å². The van der Waals surface area contributed by atoms with Gasteiger partial charge in [0, 0.05) is 22.3 Å². The third kappa shape index (κ3) is 3.93. The SMILES string of the molecule is Cc1cc(I)ccc1NC(=O)CC1CNCCO1. The van der Waals surface area contributed by atoms with Gasteiger partial charge in [0.25, 0.3) is 0 Å². The normalized spacial score (nSPS) is 19.6. The van der Waals surface area contributed by atoms with Gasteiger partial charge in [0.2, 0.25) is 5.91 Å². The van der Waals surface area contributed by atoms with Gasteiger partial charge in [-0.1, -0.05) is 0 Å². The maximum Gasteiger partial charge on any atom is 0.227 e. The van der Waals surface area contributed by atoms with E-state index in [-0.39, 0.29) is 12.0 Å². The molecule has 1 aromatic rings. The van der Waals surface area contributed by atoms with Crippen LogP contribution in [0.1, 0.15) is 12.0 Å². The monoisotopic (exact) mass is 360 g/mol. The Labute approximate surface area is 121 Å². The van der Waals surface area contributed by atoms with Gasteiger partial charge in [-0.25, -0.2) is 0 Å². The molecule has 1 amide bonds. The molecule has 0 aromatic heterocycles. The quantitative estimate of drug-likeness (QED) is 0.810. The van der Waals surface area contributed by atoms with Gasteiger partial charge in [-0.3, -0.25) is 4.79 Å². The summed E-state index contributed by atoms with van der Waals surface area (Å²) in [5, 5.41) is 6.15. The highest BCUT2D eigenvalue weighted by Gasteiger charge is 2.17. The predicted octanol–water partition coefficient (Wildman–Crippen LogP) is 1.92. The summed E-state index contributed by atoms with van der Waals surface area (Å²) in [6.45, 7) is 4.30. The summed E-state index contributed by atoms with van der Waals surface area (Å²) in [5.74, 6) is 0.00741. The zero-order chi connectivity index (χ0) is 13.0. The van der Waals surface area contributed by atoms with Gasteiger partial charge in [-0.15, -0.1) is 0 Å². The topological polar surface area (TPSA) is 50.4 Å². The third-order valence-electron chi connectivity index (χ3n) is 2.88. The summed E-state index contributed by atoms with van der Waals surface area (Å²) in [6, 6.07) is 5.98. The highest BCUT2D eigenvalue weighted by atomic mass is 127. The Morgan fingerprint density at radius 2 is 2.44 bits per heavy atom. The second kappa shape index (κ2) is 6.49. The molecule has 2 N–H and O–H groups in total. The first-order valence-corrected chi connectivity index (χ1v) is 7.11. The summed E-state index contributed by atoms with van der Waals surface area (Å²) in [6.07, 6.45) is 0.390. The van der Waals surface area contributed by atoms with Crippen LogP contribution in [0.5, 0.6) is 0 Å². The number of aryl methyl sites for hydroxylation is 1. The summed E-state index contributed by atoms with van der Waals surface area (Å²) in [5.41, 5.74) is 1.96. The lowest BCUT2D eigenvalue weighted by molar-refractivity contribution is -0.119. The molecule has 0 bridgehead atoms. The molecule has 1 aliphatic rings. The minimum absolute atomic E-state index is 0.00741. The van der Waals surface area contributed by atoms with Crippen molar-refractivity contribution in [1.82, 2.24) is 5.32 Å². The molecule has 5 heteroatoms. The Balaban J connectivity index is 1.90. The van der Waals surface area contributed by atoms with E-state index in [1.807, 2.05) is 19.1 Å². The van der Waals surface area contributed by atoms with Crippen LogP contribution in [0.3, 0.4) is 0 Å². The van der Waals surface area contributed by atoms with Crippen molar-refractivity contribution < 1.29 is 9.53 Å². The lowest BCUT2D eigenvalue weighted by atomic mass is 10.1. The van der Waals surface area contributed by atoms with Crippen molar-refractivity contribution >= 4 is 34.2 Å². The number of anilines is 1. The first-order chi connectivity index (χ1) is 8.65. The van der Waals surface area contributed by atoms with Gasteiger partial charge in [0.05, 0.1) is 19.1 Å². The first-order valence-electron chi connectivity index (χ1n) is 6.03. The molecule has 1 fully saturated rings. The molecule has 18 heavy (non-hydrogen) atoms. The number of nitrogens with one attached hydrogen (secondary N) is 2. The van der Waals surface area contributed by atoms with E-state index in [0.717, 1.165) is 24.3 Å². The molecule has 2 rings (SSSR count). The van der Waals surface area contributed by atoms with Crippen molar-refractivity contribution in [2.24, 2.45) is 0 Å². The standard InChI is InChI=1S/C13H17IN2O2/c1-9-6-10(14)2-3-12(9)16-13(17)7-11-8-15-4-5-18-11/h2-3,6,11,15H,4-5,7-8H2,1H3,(H,16,17). The summed E-state index contributed by atoms with van der Waals surface area (Å²) in [4.78, 5) is 11.9. The lowest BCUT2D eigenvalue weighted by Crippen LogP contribution is -2.40. The van der Waals surface area contributed by atoms with Crippen molar-refractivity contribution in [2.45, 2.75) is 19.4 Å². The average molecular weight is 360 g/mol. The first kappa shape index (κ1) is 13.8. The molecule has 1 heterocycles. The molecule has 1 unspecified atom stereocenters. The number of halogens is 1. The van der Waals surface area contributed by atoms with Crippen molar-refractivity contribution in [1.29, 1.82) is 0 Å². The van der Waals surface area contributed by atoms with E-state index in [1.54, 1.807) is 0 Å². The number of carbonyl (C=O) groups is 1. The number of hydrogen-bond acceptors (Lipinski definition) is 3. The van der Waals surface area contributed by atoms with Crippen LogP contribution in [0.25, 0.3) is 0 Å². The fourth-order valence-electron chi connectivity index (χ4n) is 1.93. The zero-order valence-corrected chi connectivity index (χ0v) is 12.5. The van der Waals surface area contributed by atoms with Crippen LogP contribution in [0.4, 0.5) is 5.69 Å². The smallest absolute Gasteiger partial charge is 0.227 e. The second-order valence-corrected chi connectivity index (χ2v) is 5.65. The van der Waals surface area contributed by atoms with E-state index in [0.29, 0.717) is 13.0 Å². The van der Waals surface area contributed by atoms with E-state index in [4.69, 9.17) is 4.74 Å². The molecule has 0 spiro atoms. The third-order valence-corrected chi connectivity index (χ3v) is 3.55.